The van der Waals surface area contributed by atoms with Gasteiger partial charge in [-0.05, 0) is 12.1 Å². The Kier molecular flexibility index (Phi) is 3.63. The van der Waals surface area contributed by atoms with E-state index >= 15 is 0 Å². The van der Waals surface area contributed by atoms with Gasteiger partial charge in [-0.15, -0.1) is 0 Å². The summed E-state index contributed by atoms with van der Waals surface area (Å²) in [5.41, 5.74) is 0. The van der Waals surface area contributed by atoms with Gasteiger partial charge in [0, 0.05) is 19.6 Å². The summed E-state index contributed by atoms with van der Waals surface area (Å²) in [7, 11) is -3.33. The van der Waals surface area contributed by atoms with Crippen molar-refractivity contribution in [2.45, 2.75) is 9.85 Å². The van der Waals surface area contributed by atoms with E-state index in [1.165, 1.54) is 4.31 Å². The fourth-order valence-corrected chi connectivity index (χ4v) is 3.89. The molecule has 1 saturated heterocycles. The number of benzene rings is 1. The minimum absolute atomic E-state index is 0.0275. The highest BCUT2D eigenvalue weighted by Crippen LogP contribution is 2.17. The molecule has 1 aromatic rings. The third-order valence-electron chi connectivity index (χ3n) is 2.47. The molecule has 1 aliphatic rings. The van der Waals surface area contributed by atoms with Gasteiger partial charge in [-0.1, -0.05) is 34.1 Å². The minimum Gasteiger partial charge on any atom is -0.302 e. The Labute approximate surface area is 104 Å². The van der Waals surface area contributed by atoms with Gasteiger partial charge in [0.1, 0.15) is 0 Å². The van der Waals surface area contributed by atoms with Crippen molar-refractivity contribution < 1.29 is 8.42 Å². The summed E-state index contributed by atoms with van der Waals surface area (Å²) in [4.78, 5) is 0.385. The van der Waals surface area contributed by atoms with Crippen LogP contribution in [0.3, 0.4) is 0 Å². The monoisotopic (exact) mass is 304 g/mol. The third kappa shape index (κ3) is 2.45. The van der Waals surface area contributed by atoms with Crippen LogP contribution in [-0.4, -0.2) is 37.3 Å². The number of hydrogen-bond donors (Lipinski definition) is 1. The fourth-order valence-electron chi connectivity index (χ4n) is 1.64. The molecule has 0 aliphatic carbocycles. The van der Waals surface area contributed by atoms with Gasteiger partial charge in [0.2, 0.25) is 10.0 Å². The largest absolute Gasteiger partial charge is 0.302 e. The maximum atomic E-state index is 12.2. The van der Waals surface area contributed by atoms with Crippen LogP contribution in [0.15, 0.2) is 35.2 Å². The molecule has 0 spiro atoms. The number of hydrogen-bond acceptors (Lipinski definition) is 3. The van der Waals surface area contributed by atoms with E-state index in [1.54, 1.807) is 24.3 Å². The summed E-state index contributed by atoms with van der Waals surface area (Å²) < 4.78 is 25.9. The summed E-state index contributed by atoms with van der Waals surface area (Å²) in [5.74, 6) is 0. The van der Waals surface area contributed by atoms with Crippen molar-refractivity contribution in [2.24, 2.45) is 0 Å². The molecule has 1 N–H and O–H groups in total. The zero-order chi connectivity index (χ0) is 11.6. The molecular formula is C10H13BrN2O2S. The van der Waals surface area contributed by atoms with Crippen LogP contribution in [0.4, 0.5) is 0 Å². The molecule has 16 heavy (non-hydrogen) atoms. The Hall–Kier alpha value is -0.430. The van der Waals surface area contributed by atoms with E-state index in [2.05, 4.69) is 21.2 Å². The van der Waals surface area contributed by atoms with E-state index in [1.807, 2.05) is 6.07 Å². The van der Waals surface area contributed by atoms with Gasteiger partial charge in [0.15, 0.2) is 0 Å². The van der Waals surface area contributed by atoms with Gasteiger partial charge in [0.05, 0.1) is 9.85 Å². The minimum atomic E-state index is -3.33. The summed E-state index contributed by atoms with van der Waals surface area (Å²) in [5, 5.41) is 3.15. The number of halogens is 1. The van der Waals surface area contributed by atoms with E-state index in [0.29, 0.717) is 24.5 Å². The summed E-state index contributed by atoms with van der Waals surface area (Å²) >= 11 is 3.38. The molecule has 0 radical (unpaired) electrons. The van der Waals surface area contributed by atoms with Crippen LogP contribution in [0.1, 0.15) is 0 Å². The van der Waals surface area contributed by atoms with Gasteiger partial charge in [0.25, 0.3) is 0 Å². The van der Waals surface area contributed by atoms with Crippen LogP contribution in [-0.2, 0) is 10.0 Å². The Balaban J connectivity index is 2.26. The number of rotatable bonds is 2. The second kappa shape index (κ2) is 4.83. The van der Waals surface area contributed by atoms with Gasteiger partial charge < -0.3 is 5.32 Å². The average molecular weight is 305 g/mol. The van der Waals surface area contributed by atoms with E-state index in [0.717, 1.165) is 0 Å². The van der Waals surface area contributed by atoms with Crippen molar-refractivity contribution in [2.75, 3.05) is 19.6 Å². The van der Waals surface area contributed by atoms with Crippen molar-refractivity contribution in [1.82, 2.24) is 9.62 Å². The number of nitrogens with one attached hydrogen (secondary N) is 1. The Morgan fingerprint density at radius 1 is 1.31 bits per heavy atom. The molecule has 0 saturated carbocycles. The van der Waals surface area contributed by atoms with Crippen LogP contribution in [0.5, 0.6) is 0 Å². The second-order valence-corrected chi connectivity index (χ2v) is 6.64. The lowest BCUT2D eigenvalue weighted by atomic mass is 10.4. The SMILES string of the molecule is O=S(=O)(c1ccccc1)N1CCN[C@H](Br)C1. The molecule has 0 amide bonds. The molecule has 88 valence electrons. The molecule has 0 aromatic heterocycles. The predicted molar refractivity (Wildman–Crippen MR) is 65.9 cm³/mol. The molecular weight excluding hydrogens is 292 g/mol. The highest BCUT2D eigenvalue weighted by atomic mass is 79.9. The molecule has 4 nitrogen and oxygen atoms in total. The summed E-state index contributed by atoms with van der Waals surface area (Å²) in [6.45, 7) is 1.64. The maximum absolute atomic E-state index is 12.2. The van der Waals surface area contributed by atoms with Crippen molar-refractivity contribution in [3.05, 3.63) is 30.3 Å². The molecule has 1 aromatic carbocycles. The molecule has 1 heterocycles. The first-order chi connectivity index (χ1) is 7.60. The summed E-state index contributed by atoms with van der Waals surface area (Å²) in [6, 6.07) is 8.53. The standard InChI is InChI=1S/C10H13BrN2O2S/c11-10-8-13(7-6-12-10)16(14,15)9-4-2-1-3-5-9/h1-5,10,12H,6-8H2/t10-/m0/s1. The van der Waals surface area contributed by atoms with Crippen molar-refractivity contribution in [3.63, 3.8) is 0 Å². The van der Waals surface area contributed by atoms with E-state index in [9.17, 15) is 8.42 Å². The molecule has 0 unspecified atom stereocenters. The maximum Gasteiger partial charge on any atom is 0.243 e. The second-order valence-electron chi connectivity index (χ2n) is 3.60. The first kappa shape index (κ1) is 12.0. The van der Waals surface area contributed by atoms with Crippen molar-refractivity contribution in [1.29, 1.82) is 0 Å². The van der Waals surface area contributed by atoms with Gasteiger partial charge in [-0.3, -0.25) is 0 Å². The van der Waals surface area contributed by atoms with Gasteiger partial charge >= 0.3 is 0 Å². The molecule has 1 aliphatic heterocycles. The topological polar surface area (TPSA) is 49.4 Å². The lowest BCUT2D eigenvalue weighted by Crippen LogP contribution is -2.49. The number of alkyl halides is 1. The molecule has 2 rings (SSSR count). The number of nitrogens with zero attached hydrogens (tertiary/aromatic N) is 1. The quantitative estimate of drug-likeness (QED) is 0.655. The van der Waals surface area contributed by atoms with Crippen LogP contribution in [0.2, 0.25) is 0 Å². The Bertz CT molecular complexity index is 449. The first-order valence-electron chi connectivity index (χ1n) is 5.03. The van der Waals surface area contributed by atoms with Crippen LogP contribution in [0, 0.1) is 0 Å². The molecule has 6 heteroatoms. The normalized spacial score (nSPS) is 23.2. The van der Waals surface area contributed by atoms with Crippen molar-refractivity contribution >= 4 is 26.0 Å². The average Bonchev–Trinajstić information content (AvgIpc) is 2.30. The number of piperazine rings is 1. The van der Waals surface area contributed by atoms with E-state index in [4.69, 9.17) is 0 Å². The molecule has 0 bridgehead atoms. The Morgan fingerprint density at radius 2 is 2.00 bits per heavy atom. The molecule has 1 fully saturated rings. The number of sulfonamides is 1. The molecule has 1 atom stereocenters. The van der Waals surface area contributed by atoms with E-state index in [-0.39, 0.29) is 4.95 Å². The predicted octanol–water partition coefficient (Wildman–Crippen LogP) is 1.00. The van der Waals surface area contributed by atoms with E-state index < -0.39 is 10.0 Å². The zero-order valence-electron chi connectivity index (χ0n) is 8.64. The highest BCUT2D eigenvalue weighted by molar-refractivity contribution is 9.09. The van der Waals surface area contributed by atoms with Gasteiger partial charge in [-0.25, -0.2) is 8.42 Å². The van der Waals surface area contributed by atoms with Crippen LogP contribution in [0.25, 0.3) is 0 Å². The first-order valence-corrected chi connectivity index (χ1v) is 7.39. The lowest BCUT2D eigenvalue weighted by Gasteiger charge is -2.29. The summed E-state index contributed by atoms with van der Waals surface area (Å²) in [6.07, 6.45) is 0. The Morgan fingerprint density at radius 3 is 2.62 bits per heavy atom. The lowest BCUT2D eigenvalue weighted by molar-refractivity contribution is 0.348. The highest BCUT2D eigenvalue weighted by Gasteiger charge is 2.28. The zero-order valence-corrected chi connectivity index (χ0v) is 11.0. The van der Waals surface area contributed by atoms with Gasteiger partial charge in [-0.2, -0.15) is 4.31 Å². The third-order valence-corrected chi connectivity index (χ3v) is 4.96. The fraction of sp³-hybridized carbons (Fsp3) is 0.400. The van der Waals surface area contributed by atoms with Crippen LogP contribution >= 0.6 is 15.9 Å². The van der Waals surface area contributed by atoms with Crippen molar-refractivity contribution in [3.8, 4) is 0 Å². The van der Waals surface area contributed by atoms with Crippen LogP contribution < -0.4 is 5.32 Å². The smallest absolute Gasteiger partial charge is 0.243 e.